The number of nitrogens with zero attached hydrogens (tertiary/aromatic N) is 3. The molecule has 3 aromatic carbocycles. The van der Waals surface area contributed by atoms with Crippen LogP contribution in [0.15, 0.2) is 78.9 Å². The van der Waals surface area contributed by atoms with Crippen molar-refractivity contribution in [2.24, 2.45) is 0 Å². The lowest BCUT2D eigenvalue weighted by atomic mass is 10.1. The average Bonchev–Trinajstić information content (AvgIpc) is 3.23. The van der Waals surface area contributed by atoms with E-state index in [-0.39, 0.29) is 5.91 Å². The van der Waals surface area contributed by atoms with Crippen molar-refractivity contribution in [1.82, 2.24) is 14.5 Å². The molecule has 1 amide bonds. The van der Waals surface area contributed by atoms with Crippen molar-refractivity contribution >= 4 is 22.6 Å². The van der Waals surface area contributed by atoms with Crippen molar-refractivity contribution in [3.63, 3.8) is 0 Å². The van der Waals surface area contributed by atoms with Crippen molar-refractivity contribution in [3.05, 3.63) is 90.3 Å². The first-order valence-electron chi connectivity index (χ1n) is 11.5. The minimum Gasteiger partial charge on any atom is -0.379 e. The van der Waals surface area contributed by atoms with E-state index in [0.29, 0.717) is 12.8 Å². The second-order valence-electron chi connectivity index (χ2n) is 8.32. The summed E-state index contributed by atoms with van der Waals surface area (Å²) in [5.74, 6) is 0.879. The SMILES string of the molecule is O=C(CCc1nc2ccccc2n1-c1ccccc1)Nc1cccc(CN2CCOCC2)c1. The van der Waals surface area contributed by atoms with Crippen LogP contribution in [0.1, 0.15) is 17.8 Å². The van der Waals surface area contributed by atoms with E-state index < -0.39 is 0 Å². The fourth-order valence-electron chi connectivity index (χ4n) is 4.32. The Balaban J connectivity index is 1.27. The monoisotopic (exact) mass is 440 g/mol. The summed E-state index contributed by atoms with van der Waals surface area (Å²) < 4.78 is 7.57. The Labute approximate surface area is 193 Å². The predicted molar refractivity (Wildman–Crippen MR) is 131 cm³/mol. The molecule has 168 valence electrons. The van der Waals surface area contributed by atoms with E-state index in [2.05, 4.69) is 45.1 Å². The molecule has 1 aliphatic heterocycles. The number of imidazole rings is 1. The zero-order chi connectivity index (χ0) is 22.5. The van der Waals surface area contributed by atoms with Crippen molar-refractivity contribution in [2.75, 3.05) is 31.6 Å². The topological polar surface area (TPSA) is 59.4 Å². The van der Waals surface area contributed by atoms with E-state index in [4.69, 9.17) is 9.72 Å². The molecule has 6 nitrogen and oxygen atoms in total. The summed E-state index contributed by atoms with van der Waals surface area (Å²) in [4.78, 5) is 20.0. The van der Waals surface area contributed by atoms with Gasteiger partial charge in [0.2, 0.25) is 5.91 Å². The number of nitrogens with one attached hydrogen (secondary N) is 1. The smallest absolute Gasteiger partial charge is 0.224 e. The van der Waals surface area contributed by atoms with Crippen LogP contribution >= 0.6 is 0 Å². The number of benzene rings is 3. The molecule has 1 saturated heterocycles. The van der Waals surface area contributed by atoms with Gasteiger partial charge in [0.1, 0.15) is 5.82 Å². The van der Waals surface area contributed by atoms with Gasteiger partial charge in [-0.2, -0.15) is 0 Å². The molecule has 1 aromatic heterocycles. The maximum atomic E-state index is 12.8. The third-order valence-corrected chi connectivity index (χ3v) is 5.94. The number of aromatic nitrogens is 2. The van der Waals surface area contributed by atoms with E-state index in [1.54, 1.807) is 0 Å². The molecule has 0 spiro atoms. The number of ether oxygens (including phenoxy) is 1. The van der Waals surface area contributed by atoms with Gasteiger partial charge in [-0.1, -0.05) is 42.5 Å². The van der Waals surface area contributed by atoms with Gasteiger partial charge < -0.3 is 10.1 Å². The van der Waals surface area contributed by atoms with Gasteiger partial charge in [-0.3, -0.25) is 14.3 Å². The van der Waals surface area contributed by atoms with Crippen molar-refractivity contribution in [3.8, 4) is 5.69 Å². The quantitative estimate of drug-likeness (QED) is 0.462. The van der Waals surface area contributed by atoms with Crippen LogP contribution in [0.2, 0.25) is 0 Å². The lowest BCUT2D eigenvalue weighted by Crippen LogP contribution is -2.35. The minimum atomic E-state index is -0.00908. The summed E-state index contributed by atoms with van der Waals surface area (Å²) in [5, 5.41) is 3.06. The third-order valence-electron chi connectivity index (χ3n) is 5.94. The highest BCUT2D eigenvalue weighted by molar-refractivity contribution is 5.91. The van der Waals surface area contributed by atoms with Gasteiger partial charge in [-0.25, -0.2) is 4.98 Å². The second kappa shape index (κ2) is 9.98. The zero-order valence-electron chi connectivity index (χ0n) is 18.6. The number of morpholine rings is 1. The molecule has 0 aliphatic carbocycles. The van der Waals surface area contributed by atoms with Gasteiger partial charge in [0.05, 0.1) is 24.2 Å². The Kier molecular flexibility index (Phi) is 6.46. The van der Waals surface area contributed by atoms with Crippen LogP contribution in [0.25, 0.3) is 16.7 Å². The molecule has 0 atom stereocenters. The normalized spacial score (nSPS) is 14.4. The lowest BCUT2D eigenvalue weighted by Gasteiger charge is -2.26. The number of aryl methyl sites for hydroxylation is 1. The number of hydrogen-bond acceptors (Lipinski definition) is 4. The first-order chi connectivity index (χ1) is 16.3. The van der Waals surface area contributed by atoms with Gasteiger partial charge in [-0.05, 0) is 42.0 Å². The molecular weight excluding hydrogens is 412 g/mol. The highest BCUT2D eigenvalue weighted by Gasteiger charge is 2.14. The Morgan fingerprint density at radius 2 is 1.73 bits per heavy atom. The molecule has 0 saturated carbocycles. The van der Waals surface area contributed by atoms with E-state index in [1.165, 1.54) is 5.56 Å². The molecule has 1 N–H and O–H groups in total. The number of carbonyl (C=O) groups is 1. The Morgan fingerprint density at radius 1 is 0.939 bits per heavy atom. The van der Waals surface area contributed by atoms with Crippen LogP contribution in [0.3, 0.4) is 0 Å². The van der Waals surface area contributed by atoms with Gasteiger partial charge in [0.25, 0.3) is 0 Å². The largest absolute Gasteiger partial charge is 0.379 e. The zero-order valence-corrected chi connectivity index (χ0v) is 18.6. The van der Waals surface area contributed by atoms with Gasteiger partial charge in [0.15, 0.2) is 0 Å². The van der Waals surface area contributed by atoms with Crippen LogP contribution in [0.4, 0.5) is 5.69 Å². The minimum absolute atomic E-state index is 0.00908. The Bertz CT molecular complexity index is 1230. The molecule has 33 heavy (non-hydrogen) atoms. The molecule has 1 fully saturated rings. The highest BCUT2D eigenvalue weighted by atomic mass is 16.5. The molecule has 0 unspecified atom stereocenters. The van der Waals surface area contributed by atoms with E-state index in [0.717, 1.165) is 61.1 Å². The standard InChI is InChI=1S/C27H28N4O2/c32-27(28-22-8-6-7-21(19-22)20-30-15-17-33-18-16-30)14-13-26-29-24-11-4-5-12-25(24)31(26)23-9-2-1-3-10-23/h1-12,19H,13-18,20H2,(H,28,32). The predicted octanol–water partition coefficient (Wildman–Crippen LogP) is 4.43. The fourth-order valence-corrected chi connectivity index (χ4v) is 4.32. The van der Waals surface area contributed by atoms with Crippen LogP contribution in [0.5, 0.6) is 0 Å². The highest BCUT2D eigenvalue weighted by Crippen LogP contribution is 2.22. The number of anilines is 1. The van der Waals surface area contributed by atoms with Gasteiger partial charge >= 0.3 is 0 Å². The molecule has 0 bridgehead atoms. The summed E-state index contributed by atoms with van der Waals surface area (Å²) in [7, 11) is 0. The summed E-state index contributed by atoms with van der Waals surface area (Å²) in [5.41, 5.74) is 5.07. The number of para-hydroxylation sites is 3. The van der Waals surface area contributed by atoms with Crippen LogP contribution in [-0.2, 0) is 22.5 Å². The Morgan fingerprint density at radius 3 is 2.58 bits per heavy atom. The summed E-state index contributed by atoms with van der Waals surface area (Å²) in [6.45, 7) is 4.32. The maximum Gasteiger partial charge on any atom is 0.224 e. The number of rotatable bonds is 7. The number of amides is 1. The summed E-state index contributed by atoms with van der Waals surface area (Å²) >= 11 is 0. The molecule has 0 radical (unpaired) electrons. The molecule has 2 heterocycles. The molecule has 1 aliphatic rings. The second-order valence-corrected chi connectivity index (χ2v) is 8.32. The third kappa shape index (κ3) is 5.13. The first-order valence-corrected chi connectivity index (χ1v) is 11.5. The van der Waals surface area contributed by atoms with Gasteiger partial charge in [-0.15, -0.1) is 0 Å². The van der Waals surface area contributed by atoms with Gasteiger partial charge in [0, 0.05) is 43.9 Å². The van der Waals surface area contributed by atoms with Crippen LogP contribution in [-0.4, -0.2) is 46.7 Å². The van der Waals surface area contributed by atoms with E-state index in [1.807, 2.05) is 48.5 Å². The Hall–Kier alpha value is -3.48. The average molecular weight is 441 g/mol. The van der Waals surface area contributed by atoms with E-state index >= 15 is 0 Å². The molecular formula is C27H28N4O2. The van der Waals surface area contributed by atoms with Crippen LogP contribution in [0, 0.1) is 0 Å². The first kappa shape index (κ1) is 21.4. The molecule has 6 heteroatoms. The van der Waals surface area contributed by atoms with E-state index in [9.17, 15) is 4.79 Å². The summed E-state index contributed by atoms with van der Waals surface area (Å²) in [6, 6.07) is 26.4. The summed E-state index contributed by atoms with van der Waals surface area (Å²) in [6.07, 6.45) is 0.923. The molecule has 4 aromatic rings. The van der Waals surface area contributed by atoms with Crippen molar-refractivity contribution < 1.29 is 9.53 Å². The fraction of sp³-hybridized carbons (Fsp3) is 0.259. The number of carbonyl (C=O) groups excluding carboxylic acids is 1. The molecule has 5 rings (SSSR count). The number of hydrogen-bond donors (Lipinski definition) is 1. The van der Waals surface area contributed by atoms with Crippen molar-refractivity contribution in [1.29, 1.82) is 0 Å². The maximum absolute atomic E-state index is 12.8. The van der Waals surface area contributed by atoms with Crippen molar-refractivity contribution in [2.45, 2.75) is 19.4 Å². The van der Waals surface area contributed by atoms with Crippen LogP contribution < -0.4 is 5.32 Å². The lowest BCUT2D eigenvalue weighted by molar-refractivity contribution is -0.116. The number of fused-ring (bicyclic) bond motifs is 1.